The van der Waals surface area contributed by atoms with Crippen LogP contribution >= 0.6 is 0 Å². The summed E-state index contributed by atoms with van der Waals surface area (Å²) in [6.45, 7) is 1.57. The SMILES string of the molecule is Cc1nnn(-c2nonc2N)c1C(=O)N/N=C/c1ccc(O)cc1O. The Bertz CT molecular complexity index is 961. The zero-order valence-corrected chi connectivity index (χ0v) is 12.8. The number of nitrogens with one attached hydrogen (secondary N) is 1. The number of carbonyl (C=O) groups is 1. The first-order valence-corrected chi connectivity index (χ1v) is 6.83. The van der Waals surface area contributed by atoms with Gasteiger partial charge in [-0.1, -0.05) is 5.21 Å². The molecule has 0 atom stereocenters. The molecule has 0 aliphatic rings. The van der Waals surface area contributed by atoms with Crippen LogP contribution in [0, 0.1) is 6.92 Å². The van der Waals surface area contributed by atoms with Crippen molar-refractivity contribution in [3.8, 4) is 17.3 Å². The summed E-state index contributed by atoms with van der Waals surface area (Å²) >= 11 is 0. The van der Waals surface area contributed by atoms with Gasteiger partial charge in [0.2, 0.25) is 11.6 Å². The van der Waals surface area contributed by atoms with E-state index in [-0.39, 0.29) is 28.8 Å². The van der Waals surface area contributed by atoms with Crippen molar-refractivity contribution < 1.29 is 19.6 Å². The largest absolute Gasteiger partial charge is 0.508 e. The number of aromatic nitrogens is 5. The van der Waals surface area contributed by atoms with Gasteiger partial charge in [0.05, 0.1) is 11.9 Å². The van der Waals surface area contributed by atoms with Crippen LogP contribution in [-0.2, 0) is 0 Å². The van der Waals surface area contributed by atoms with Crippen LogP contribution in [0.25, 0.3) is 5.82 Å². The summed E-state index contributed by atoms with van der Waals surface area (Å²) in [6, 6.07) is 3.94. The van der Waals surface area contributed by atoms with Crippen molar-refractivity contribution in [3.05, 3.63) is 35.2 Å². The van der Waals surface area contributed by atoms with Gasteiger partial charge in [0.25, 0.3) is 5.91 Å². The van der Waals surface area contributed by atoms with E-state index in [9.17, 15) is 15.0 Å². The van der Waals surface area contributed by atoms with Crippen molar-refractivity contribution in [1.82, 2.24) is 30.7 Å². The molecule has 25 heavy (non-hydrogen) atoms. The number of hydrogen-bond acceptors (Lipinski definition) is 10. The fourth-order valence-electron chi connectivity index (χ4n) is 1.96. The Hall–Kier alpha value is -3.96. The number of hydrazone groups is 1. The van der Waals surface area contributed by atoms with Crippen LogP contribution in [0.4, 0.5) is 5.82 Å². The van der Waals surface area contributed by atoms with Gasteiger partial charge in [0, 0.05) is 11.6 Å². The smallest absolute Gasteiger partial charge is 0.292 e. The summed E-state index contributed by atoms with van der Waals surface area (Å²) < 4.78 is 5.56. The molecule has 0 bridgehead atoms. The number of nitrogens with two attached hydrogens (primary N) is 1. The number of rotatable bonds is 4. The van der Waals surface area contributed by atoms with Crippen molar-refractivity contribution in [3.63, 3.8) is 0 Å². The minimum atomic E-state index is -0.639. The van der Waals surface area contributed by atoms with Crippen molar-refractivity contribution in [2.45, 2.75) is 6.92 Å². The number of amides is 1. The molecule has 1 aromatic carbocycles. The van der Waals surface area contributed by atoms with E-state index in [4.69, 9.17) is 5.73 Å². The highest BCUT2D eigenvalue weighted by atomic mass is 16.6. The lowest BCUT2D eigenvalue weighted by molar-refractivity contribution is 0.0946. The minimum absolute atomic E-state index is 0.0194. The maximum atomic E-state index is 12.3. The second-order valence-electron chi connectivity index (χ2n) is 4.85. The normalized spacial score (nSPS) is 11.1. The molecular weight excluding hydrogens is 332 g/mol. The van der Waals surface area contributed by atoms with Gasteiger partial charge >= 0.3 is 0 Å². The average Bonchev–Trinajstić information content (AvgIpc) is 3.14. The fourth-order valence-corrected chi connectivity index (χ4v) is 1.96. The highest BCUT2D eigenvalue weighted by Gasteiger charge is 2.22. The van der Waals surface area contributed by atoms with Crippen LogP contribution in [0.15, 0.2) is 27.9 Å². The zero-order valence-electron chi connectivity index (χ0n) is 12.8. The Morgan fingerprint density at radius 3 is 2.88 bits per heavy atom. The molecule has 3 rings (SSSR count). The van der Waals surface area contributed by atoms with Gasteiger partial charge in [-0.05, 0) is 29.4 Å². The molecule has 12 heteroatoms. The molecular formula is C13H12N8O4. The maximum absolute atomic E-state index is 12.3. The standard InChI is InChI=1S/C13H12N8O4/c1-6-10(21(20-16-6)12-11(14)18-25-19-12)13(24)17-15-5-7-2-3-8(22)4-9(7)23/h2-5,22-23H,1H3,(H2,14,18)(H,17,24)/b15-5+. The maximum Gasteiger partial charge on any atom is 0.292 e. The average molecular weight is 344 g/mol. The summed E-state index contributed by atoms with van der Waals surface area (Å²) in [5.41, 5.74) is 8.51. The van der Waals surface area contributed by atoms with Gasteiger partial charge in [-0.2, -0.15) is 9.78 Å². The van der Waals surface area contributed by atoms with Gasteiger partial charge in [0.15, 0.2) is 5.69 Å². The minimum Gasteiger partial charge on any atom is -0.508 e. The second-order valence-corrected chi connectivity index (χ2v) is 4.85. The van der Waals surface area contributed by atoms with Crippen molar-refractivity contribution >= 4 is 17.9 Å². The number of nitrogens with zero attached hydrogens (tertiary/aromatic N) is 6. The van der Waals surface area contributed by atoms with E-state index in [0.29, 0.717) is 11.3 Å². The van der Waals surface area contributed by atoms with Crippen LogP contribution in [-0.4, -0.2) is 47.6 Å². The molecule has 0 aliphatic carbocycles. The number of hydrogen-bond donors (Lipinski definition) is 4. The molecule has 5 N–H and O–H groups in total. The summed E-state index contributed by atoms with van der Waals surface area (Å²) in [5, 5.41) is 37.2. The Morgan fingerprint density at radius 2 is 2.20 bits per heavy atom. The molecule has 0 spiro atoms. The molecule has 0 saturated carbocycles. The Balaban J connectivity index is 1.81. The molecule has 0 fully saturated rings. The fraction of sp³-hybridized carbons (Fsp3) is 0.0769. The lowest BCUT2D eigenvalue weighted by Crippen LogP contribution is -2.22. The number of aryl methyl sites for hydroxylation is 1. The van der Waals surface area contributed by atoms with Crippen molar-refractivity contribution in [2.24, 2.45) is 5.10 Å². The summed E-state index contributed by atoms with van der Waals surface area (Å²) in [5.74, 6) is -0.966. The van der Waals surface area contributed by atoms with E-state index in [2.05, 4.69) is 35.8 Å². The monoisotopic (exact) mass is 344 g/mol. The molecule has 2 aromatic heterocycles. The van der Waals surface area contributed by atoms with Crippen LogP contribution in [0.5, 0.6) is 11.5 Å². The van der Waals surface area contributed by atoms with Gasteiger partial charge in [-0.15, -0.1) is 5.10 Å². The first-order valence-electron chi connectivity index (χ1n) is 6.83. The summed E-state index contributed by atoms with van der Waals surface area (Å²) in [4.78, 5) is 12.3. The molecule has 0 aliphatic heterocycles. The van der Waals surface area contributed by atoms with Crippen molar-refractivity contribution in [1.29, 1.82) is 0 Å². The first kappa shape index (κ1) is 15.9. The number of nitrogen functional groups attached to an aromatic ring is 1. The number of phenols is 2. The number of benzene rings is 1. The third-order valence-corrected chi connectivity index (χ3v) is 3.13. The van der Waals surface area contributed by atoms with Gasteiger partial charge in [-0.3, -0.25) is 4.79 Å². The Morgan fingerprint density at radius 1 is 1.40 bits per heavy atom. The van der Waals surface area contributed by atoms with E-state index in [1.54, 1.807) is 6.92 Å². The van der Waals surface area contributed by atoms with E-state index >= 15 is 0 Å². The van der Waals surface area contributed by atoms with E-state index in [0.717, 1.165) is 10.7 Å². The lowest BCUT2D eigenvalue weighted by atomic mass is 10.2. The van der Waals surface area contributed by atoms with E-state index < -0.39 is 5.91 Å². The zero-order chi connectivity index (χ0) is 18.0. The van der Waals surface area contributed by atoms with E-state index in [1.807, 2.05) is 0 Å². The predicted molar refractivity (Wildman–Crippen MR) is 83.2 cm³/mol. The number of anilines is 1. The molecule has 1 amide bonds. The van der Waals surface area contributed by atoms with Crippen LogP contribution in [0.2, 0.25) is 0 Å². The molecule has 128 valence electrons. The molecule has 12 nitrogen and oxygen atoms in total. The van der Waals surface area contributed by atoms with Gasteiger partial charge < -0.3 is 15.9 Å². The van der Waals surface area contributed by atoms with Crippen LogP contribution < -0.4 is 11.2 Å². The van der Waals surface area contributed by atoms with Crippen LogP contribution in [0.1, 0.15) is 21.7 Å². The predicted octanol–water partition coefficient (Wildman–Crippen LogP) is -0.284. The quantitative estimate of drug-likeness (QED) is 0.366. The number of aromatic hydroxyl groups is 2. The van der Waals surface area contributed by atoms with Gasteiger partial charge in [-0.25, -0.2) is 10.1 Å². The van der Waals surface area contributed by atoms with Crippen molar-refractivity contribution in [2.75, 3.05) is 5.73 Å². The Labute approximate surface area is 139 Å². The molecule has 2 heterocycles. The Kier molecular flexibility index (Phi) is 3.99. The summed E-state index contributed by atoms with van der Waals surface area (Å²) in [7, 11) is 0. The second kappa shape index (κ2) is 6.27. The number of phenolic OH excluding ortho intramolecular Hbond substituents is 2. The third-order valence-electron chi connectivity index (χ3n) is 3.13. The highest BCUT2D eigenvalue weighted by molar-refractivity contribution is 5.95. The molecule has 0 unspecified atom stereocenters. The highest BCUT2D eigenvalue weighted by Crippen LogP contribution is 2.20. The van der Waals surface area contributed by atoms with Crippen LogP contribution in [0.3, 0.4) is 0 Å². The third kappa shape index (κ3) is 3.08. The first-order chi connectivity index (χ1) is 12.0. The van der Waals surface area contributed by atoms with E-state index in [1.165, 1.54) is 18.3 Å². The van der Waals surface area contributed by atoms with Gasteiger partial charge in [0.1, 0.15) is 11.5 Å². The molecule has 3 aromatic rings. The molecule has 0 radical (unpaired) electrons. The summed E-state index contributed by atoms with van der Waals surface area (Å²) in [6.07, 6.45) is 1.21. The molecule has 0 saturated heterocycles. The topological polar surface area (TPSA) is 178 Å². The number of carbonyl (C=O) groups excluding carboxylic acids is 1. The lowest BCUT2D eigenvalue weighted by Gasteiger charge is -2.03.